The summed E-state index contributed by atoms with van der Waals surface area (Å²) in [6.45, 7) is 2.90. The first-order chi connectivity index (χ1) is 19.8. The molecule has 1 aromatic carbocycles. The van der Waals surface area contributed by atoms with Crippen LogP contribution in [0.4, 0.5) is 10.3 Å². The lowest BCUT2D eigenvalue weighted by molar-refractivity contribution is -0.136. The van der Waals surface area contributed by atoms with E-state index in [1.54, 1.807) is 29.4 Å². The molecule has 4 N–H and O–H groups in total. The van der Waals surface area contributed by atoms with Gasteiger partial charge in [-0.15, -0.1) is 0 Å². The molecule has 41 heavy (non-hydrogen) atoms. The van der Waals surface area contributed by atoms with Crippen LogP contribution in [0, 0.1) is 17.7 Å². The molecule has 0 saturated carbocycles. The number of hydrogen-bond donors (Lipinski definition) is 4. The number of carbonyl (C=O) groups is 1. The van der Waals surface area contributed by atoms with E-state index in [1.165, 1.54) is 6.07 Å². The van der Waals surface area contributed by atoms with Crippen LogP contribution in [0.15, 0.2) is 30.6 Å². The van der Waals surface area contributed by atoms with E-state index in [1.807, 2.05) is 0 Å². The summed E-state index contributed by atoms with van der Waals surface area (Å²) in [5.41, 5.74) is -0.748. The summed E-state index contributed by atoms with van der Waals surface area (Å²) in [5, 5.41) is 31.6. The van der Waals surface area contributed by atoms with Crippen LogP contribution in [0.3, 0.4) is 0 Å². The van der Waals surface area contributed by atoms with Crippen LogP contribution in [0.25, 0.3) is 0 Å². The van der Waals surface area contributed by atoms with Crippen LogP contribution in [-0.4, -0.2) is 101 Å². The standard InChI is InChI=1S/C29H41ClFN5O5/c30-24-14-32-28(33-15-24)35-9-6-21(7-10-35)2-1-11-41-25-4-3-23(26(31)13-25)12-27(40)36-16-22(17-36)5-8-34-29(18-37,19-38)20-39/h3-4,13-15,21-22,34,37-39H,1-2,5-12,16-20H2. The minimum atomic E-state index is -1.10. The molecule has 226 valence electrons. The van der Waals surface area contributed by atoms with Gasteiger partial charge in [-0.2, -0.15) is 0 Å². The number of anilines is 1. The van der Waals surface area contributed by atoms with E-state index in [0.29, 0.717) is 48.5 Å². The highest BCUT2D eigenvalue weighted by atomic mass is 35.5. The molecule has 4 rings (SSSR count). The number of aliphatic hydroxyl groups excluding tert-OH is 3. The number of carbonyl (C=O) groups excluding carboxylic acids is 1. The van der Waals surface area contributed by atoms with Gasteiger partial charge in [0.25, 0.3) is 0 Å². The molecule has 0 bridgehead atoms. The second-order valence-electron chi connectivity index (χ2n) is 11.2. The molecule has 12 heteroatoms. The molecule has 2 aliphatic rings. The van der Waals surface area contributed by atoms with E-state index in [2.05, 4.69) is 20.2 Å². The first-order valence-corrected chi connectivity index (χ1v) is 14.7. The maximum atomic E-state index is 14.7. The molecule has 10 nitrogen and oxygen atoms in total. The lowest BCUT2D eigenvalue weighted by Crippen LogP contribution is -2.56. The van der Waals surface area contributed by atoms with Crippen molar-refractivity contribution in [1.29, 1.82) is 0 Å². The fourth-order valence-corrected chi connectivity index (χ4v) is 5.40. The number of likely N-dealkylation sites (tertiary alicyclic amines) is 1. The second kappa shape index (κ2) is 15.1. The zero-order valence-corrected chi connectivity index (χ0v) is 24.1. The number of amides is 1. The SMILES string of the molecule is O=C(Cc1ccc(OCCCC2CCN(c3ncc(Cl)cn3)CC2)cc1F)N1CC(CCNC(CO)(CO)CO)C1. The van der Waals surface area contributed by atoms with Crippen LogP contribution < -0.4 is 15.0 Å². The molecular weight excluding hydrogens is 553 g/mol. The number of rotatable bonds is 15. The minimum Gasteiger partial charge on any atom is -0.493 e. The van der Waals surface area contributed by atoms with Gasteiger partial charge in [0.2, 0.25) is 11.9 Å². The monoisotopic (exact) mass is 593 g/mol. The van der Waals surface area contributed by atoms with Crippen LogP contribution >= 0.6 is 11.6 Å². The molecule has 0 unspecified atom stereocenters. The van der Waals surface area contributed by atoms with Gasteiger partial charge in [-0.1, -0.05) is 17.7 Å². The van der Waals surface area contributed by atoms with Crippen molar-refractivity contribution in [2.24, 2.45) is 11.8 Å². The van der Waals surface area contributed by atoms with Gasteiger partial charge in [-0.05, 0) is 62.1 Å². The molecular formula is C29H41ClFN5O5. The summed E-state index contributed by atoms with van der Waals surface area (Å²) in [6, 6.07) is 4.70. The molecule has 2 saturated heterocycles. The van der Waals surface area contributed by atoms with Crippen molar-refractivity contribution in [2.45, 2.75) is 44.1 Å². The summed E-state index contributed by atoms with van der Waals surface area (Å²) in [6.07, 6.45) is 8.04. The zero-order valence-electron chi connectivity index (χ0n) is 23.4. The first-order valence-electron chi connectivity index (χ1n) is 14.3. The third kappa shape index (κ3) is 8.71. The average molecular weight is 594 g/mol. The molecule has 2 aromatic rings. The Balaban J connectivity index is 1.10. The van der Waals surface area contributed by atoms with Gasteiger partial charge in [0.15, 0.2) is 0 Å². The lowest BCUT2D eigenvalue weighted by atomic mass is 9.92. The number of nitrogens with one attached hydrogen (secondary N) is 1. The molecule has 0 aliphatic carbocycles. The summed E-state index contributed by atoms with van der Waals surface area (Å²) >= 11 is 5.87. The van der Waals surface area contributed by atoms with Gasteiger partial charge in [0.1, 0.15) is 11.6 Å². The smallest absolute Gasteiger partial charge is 0.227 e. The van der Waals surface area contributed by atoms with E-state index < -0.39 is 11.4 Å². The van der Waals surface area contributed by atoms with Gasteiger partial charge < -0.3 is 35.2 Å². The number of hydrogen-bond acceptors (Lipinski definition) is 9. The Labute approximate surface area is 245 Å². The number of benzene rings is 1. The number of nitrogens with zero attached hydrogens (tertiary/aromatic N) is 4. The van der Waals surface area contributed by atoms with Gasteiger partial charge in [-0.25, -0.2) is 14.4 Å². The highest BCUT2D eigenvalue weighted by Gasteiger charge is 2.32. The molecule has 0 spiro atoms. The predicted molar refractivity (Wildman–Crippen MR) is 153 cm³/mol. The quantitative estimate of drug-likeness (QED) is 0.229. The van der Waals surface area contributed by atoms with Crippen LogP contribution in [0.2, 0.25) is 5.02 Å². The van der Waals surface area contributed by atoms with E-state index >= 15 is 0 Å². The van der Waals surface area contributed by atoms with Crippen molar-refractivity contribution >= 4 is 23.5 Å². The number of aliphatic hydroxyl groups is 3. The van der Waals surface area contributed by atoms with Crippen molar-refractivity contribution in [3.8, 4) is 5.75 Å². The Kier molecular flexibility index (Phi) is 11.5. The van der Waals surface area contributed by atoms with E-state index in [4.69, 9.17) is 16.3 Å². The minimum absolute atomic E-state index is 0.000506. The van der Waals surface area contributed by atoms with E-state index in [9.17, 15) is 24.5 Å². The average Bonchev–Trinajstić information content (AvgIpc) is 2.97. The zero-order chi connectivity index (χ0) is 29.2. The van der Waals surface area contributed by atoms with Gasteiger partial charge in [0.05, 0.1) is 55.8 Å². The van der Waals surface area contributed by atoms with Crippen LogP contribution in [0.1, 0.15) is 37.7 Å². The van der Waals surface area contributed by atoms with Crippen molar-refractivity contribution < 1.29 is 29.2 Å². The van der Waals surface area contributed by atoms with Crippen LogP contribution in [0.5, 0.6) is 5.75 Å². The summed E-state index contributed by atoms with van der Waals surface area (Å²) in [5.74, 6) is 1.52. The van der Waals surface area contributed by atoms with Crippen LogP contribution in [-0.2, 0) is 11.2 Å². The Morgan fingerprint density at radius 3 is 2.39 bits per heavy atom. The normalized spacial score (nSPS) is 16.6. The Morgan fingerprint density at radius 2 is 1.76 bits per heavy atom. The molecule has 0 atom stereocenters. The molecule has 3 heterocycles. The van der Waals surface area contributed by atoms with Crippen molar-refractivity contribution in [3.05, 3.63) is 47.0 Å². The Morgan fingerprint density at radius 1 is 1.07 bits per heavy atom. The number of piperidine rings is 1. The summed E-state index contributed by atoms with van der Waals surface area (Å²) < 4.78 is 20.5. The molecule has 1 aromatic heterocycles. The van der Waals surface area contributed by atoms with Gasteiger partial charge in [0, 0.05) is 32.2 Å². The maximum absolute atomic E-state index is 14.7. The number of ether oxygens (including phenoxy) is 1. The fourth-order valence-electron chi connectivity index (χ4n) is 5.30. The third-order valence-electron chi connectivity index (χ3n) is 8.17. The molecule has 1 amide bonds. The Bertz CT molecular complexity index is 1100. The largest absolute Gasteiger partial charge is 0.493 e. The Hall–Kier alpha value is -2.57. The van der Waals surface area contributed by atoms with Gasteiger partial charge >= 0.3 is 0 Å². The van der Waals surface area contributed by atoms with Crippen molar-refractivity contribution in [3.63, 3.8) is 0 Å². The predicted octanol–water partition coefficient (Wildman–Crippen LogP) is 2.04. The summed E-state index contributed by atoms with van der Waals surface area (Å²) in [4.78, 5) is 25.1. The van der Waals surface area contributed by atoms with Crippen molar-refractivity contribution in [1.82, 2.24) is 20.2 Å². The fraction of sp³-hybridized carbons (Fsp3) is 0.621. The van der Waals surface area contributed by atoms with E-state index in [0.717, 1.165) is 51.1 Å². The maximum Gasteiger partial charge on any atom is 0.227 e. The molecule has 2 aliphatic heterocycles. The topological polar surface area (TPSA) is 131 Å². The highest BCUT2D eigenvalue weighted by molar-refractivity contribution is 6.30. The third-order valence-corrected chi connectivity index (χ3v) is 8.36. The number of aromatic nitrogens is 2. The highest BCUT2D eigenvalue weighted by Crippen LogP contribution is 2.26. The first kappa shape index (κ1) is 31.4. The van der Waals surface area contributed by atoms with E-state index in [-0.39, 0.29) is 38.1 Å². The van der Waals surface area contributed by atoms with Crippen molar-refractivity contribution in [2.75, 3.05) is 64.1 Å². The van der Waals surface area contributed by atoms with Gasteiger partial charge in [-0.3, -0.25) is 4.79 Å². The molecule has 0 radical (unpaired) electrons. The second-order valence-corrected chi connectivity index (χ2v) is 11.6. The lowest BCUT2D eigenvalue weighted by Gasteiger charge is -2.40. The number of halogens is 2. The summed E-state index contributed by atoms with van der Waals surface area (Å²) in [7, 11) is 0. The molecule has 2 fully saturated rings.